The third-order valence-corrected chi connectivity index (χ3v) is 4.65. The minimum Gasteiger partial charge on any atom is -0.497 e. The second-order valence-electron chi connectivity index (χ2n) is 5.25. The Bertz CT molecular complexity index is 852. The van der Waals surface area contributed by atoms with Crippen LogP contribution in [0, 0.1) is 5.82 Å². The highest BCUT2D eigenvalue weighted by Gasteiger charge is 2.17. The SMILES string of the molecule is COc1ccc(-c2nnc(SC(C)c3ccc(F)cc3)o2)c(OC)c1. The molecule has 0 fully saturated rings. The smallest absolute Gasteiger partial charge is 0.277 e. The lowest BCUT2D eigenvalue weighted by atomic mass is 10.2. The van der Waals surface area contributed by atoms with E-state index in [4.69, 9.17) is 13.9 Å². The van der Waals surface area contributed by atoms with Gasteiger partial charge in [-0.25, -0.2) is 4.39 Å². The van der Waals surface area contributed by atoms with Crippen molar-refractivity contribution in [3.8, 4) is 23.0 Å². The second kappa shape index (κ2) is 7.57. The van der Waals surface area contributed by atoms with Crippen molar-refractivity contribution in [1.82, 2.24) is 10.2 Å². The summed E-state index contributed by atoms with van der Waals surface area (Å²) in [6.07, 6.45) is 0. The predicted octanol–water partition coefficient (Wildman–Crippen LogP) is 4.75. The molecule has 0 spiro atoms. The van der Waals surface area contributed by atoms with E-state index in [2.05, 4.69) is 10.2 Å². The van der Waals surface area contributed by atoms with Gasteiger partial charge in [-0.3, -0.25) is 0 Å². The number of nitrogens with zero attached hydrogens (tertiary/aromatic N) is 2. The van der Waals surface area contributed by atoms with Gasteiger partial charge >= 0.3 is 0 Å². The summed E-state index contributed by atoms with van der Waals surface area (Å²) in [6.45, 7) is 2.00. The second-order valence-corrected chi connectivity index (χ2v) is 6.54. The largest absolute Gasteiger partial charge is 0.497 e. The van der Waals surface area contributed by atoms with Crippen LogP contribution in [0.25, 0.3) is 11.5 Å². The van der Waals surface area contributed by atoms with Gasteiger partial charge in [-0.2, -0.15) is 0 Å². The van der Waals surface area contributed by atoms with Crippen LogP contribution in [0.4, 0.5) is 4.39 Å². The van der Waals surface area contributed by atoms with E-state index in [9.17, 15) is 4.39 Å². The zero-order chi connectivity index (χ0) is 17.8. The molecule has 25 heavy (non-hydrogen) atoms. The van der Waals surface area contributed by atoms with E-state index in [0.29, 0.717) is 28.2 Å². The average molecular weight is 360 g/mol. The van der Waals surface area contributed by atoms with Crippen LogP contribution in [0.3, 0.4) is 0 Å². The number of hydrogen-bond donors (Lipinski definition) is 0. The maximum Gasteiger partial charge on any atom is 0.277 e. The summed E-state index contributed by atoms with van der Waals surface area (Å²) in [5.74, 6) is 1.38. The minimum absolute atomic E-state index is 0.0478. The number of hydrogen-bond acceptors (Lipinski definition) is 6. The molecule has 0 amide bonds. The molecule has 3 aromatic rings. The quantitative estimate of drug-likeness (QED) is 0.592. The maximum absolute atomic E-state index is 13.0. The van der Waals surface area contributed by atoms with Crippen LogP contribution < -0.4 is 9.47 Å². The first-order chi connectivity index (χ1) is 12.1. The molecule has 0 bridgehead atoms. The molecule has 0 radical (unpaired) electrons. The molecule has 0 aliphatic carbocycles. The van der Waals surface area contributed by atoms with Gasteiger partial charge in [0.05, 0.1) is 19.8 Å². The number of halogens is 1. The van der Waals surface area contributed by atoms with Crippen LogP contribution in [0.5, 0.6) is 11.5 Å². The van der Waals surface area contributed by atoms with Crippen molar-refractivity contribution >= 4 is 11.8 Å². The van der Waals surface area contributed by atoms with Crippen LogP contribution in [0.15, 0.2) is 52.1 Å². The molecule has 7 heteroatoms. The molecule has 1 aromatic heterocycles. The van der Waals surface area contributed by atoms with Crippen molar-refractivity contribution in [3.63, 3.8) is 0 Å². The van der Waals surface area contributed by atoms with Crippen LogP contribution in [0.2, 0.25) is 0 Å². The zero-order valence-corrected chi connectivity index (χ0v) is 14.8. The Morgan fingerprint density at radius 1 is 1.04 bits per heavy atom. The molecular weight excluding hydrogens is 343 g/mol. The summed E-state index contributed by atoms with van der Waals surface area (Å²) in [6, 6.07) is 11.7. The fraction of sp³-hybridized carbons (Fsp3) is 0.222. The Balaban J connectivity index is 1.79. The number of ether oxygens (including phenoxy) is 2. The van der Waals surface area contributed by atoms with E-state index in [-0.39, 0.29) is 11.1 Å². The number of methoxy groups -OCH3 is 2. The topological polar surface area (TPSA) is 57.4 Å². The van der Waals surface area contributed by atoms with Gasteiger partial charge in [-0.1, -0.05) is 23.9 Å². The van der Waals surface area contributed by atoms with E-state index < -0.39 is 0 Å². The molecule has 2 aromatic carbocycles. The van der Waals surface area contributed by atoms with Crippen molar-refractivity contribution in [2.75, 3.05) is 14.2 Å². The summed E-state index contributed by atoms with van der Waals surface area (Å²) in [5.41, 5.74) is 1.67. The Kier molecular flexibility index (Phi) is 5.23. The first-order valence-electron chi connectivity index (χ1n) is 7.58. The normalized spacial score (nSPS) is 12.0. The van der Waals surface area contributed by atoms with Crippen molar-refractivity contribution in [2.24, 2.45) is 0 Å². The Morgan fingerprint density at radius 2 is 1.80 bits per heavy atom. The lowest BCUT2D eigenvalue weighted by Crippen LogP contribution is -1.90. The fourth-order valence-electron chi connectivity index (χ4n) is 2.29. The molecule has 3 rings (SSSR count). The van der Waals surface area contributed by atoms with Crippen LogP contribution >= 0.6 is 11.8 Å². The summed E-state index contributed by atoms with van der Waals surface area (Å²) < 4.78 is 29.3. The molecule has 5 nitrogen and oxygen atoms in total. The third kappa shape index (κ3) is 3.93. The first kappa shape index (κ1) is 17.3. The van der Waals surface area contributed by atoms with E-state index in [0.717, 1.165) is 5.56 Å². The molecule has 0 aliphatic heterocycles. The molecule has 1 heterocycles. The lowest BCUT2D eigenvalue weighted by Gasteiger charge is -2.08. The molecule has 130 valence electrons. The molecule has 0 N–H and O–H groups in total. The Labute approximate surface area is 149 Å². The van der Waals surface area contributed by atoms with Gasteiger partial charge in [0, 0.05) is 11.3 Å². The molecular formula is C18H17FN2O3S. The van der Waals surface area contributed by atoms with Gasteiger partial charge in [0.1, 0.15) is 17.3 Å². The monoisotopic (exact) mass is 360 g/mol. The minimum atomic E-state index is -0.257. The number of rotatable bonds is 6. The zero-order valence-electron chi connectivity index (χ0n) is 14.0. The van der Waals surface area contributed by atoms with E-state index in [1.807, 2.05) is 13.0 Å². The summed E-state index contributed by atoms with van der Waals surface area (Å²) in [7, 11) is 3.16. The van der Waals surface area contributed by atoms with E-state index >= 15 is 0 Å². The molecule has 1 atom stereocenters. The summed E-state index contributed by atoms with van der Waals surface area (Å²) in [5, 5.41) is 8.65. The van der Waals surface area contributed by atoms with Gasteiger partial charge in [0.15, 0.2) is 0 Å². The van der Waals surface area contributed by atoms with Gasteiger partial charge in [-0.15, -0.1) is 10.2 Å². The van der Waals surface area contributed by atoms with Gasteiger partial charge < -0.3 is 13.9 Å². The fourth-order valence-corrected chi connectivity index (χ4v) is 3.11. The number of aromatic nitrogens is 2. The molecule has 0 saturated heterocycles. The first-order valence-corrected chi connectivity index (χ1v) is 8.46. The number of benzene rings is 2. The van der Waals surface area contributed by atoms with Crippen LogP contribution in [0.1, 0.15) is 17.7 Å². The third-order valence-electron chi connectivity index (χ3n) is 3.66. The number of thioether (sulfide) groups is 1. The highest BCUT2D eigenvalue weighted by molar-refractivity contribution is 7.99. The Hall–Kier alpha value is -2.54. The van der Waals surface area contributed by atoms with Crippen LogP contribution in [-0.2, 0) is 0 Å². The molecule has 0 aliphatic rings. The summed E-state index contributed by atoms with van der Waals surface area (Å²) >= 11 is 1.41. The average Bonchev–Trinajstić information content (AvgIpc) is 3.09. The van der Waals surface area contributed by atoms with Crippen molar-refractivity contribution < 1.29 is 18.3 Å². The summed E-state index contributed by atoms with van der Waals surface area (Å²) in [4.78, 5) is 0. The van der Waals surface area contributed by atoms with Gasteiger partial charge in [0.2, 0.25) is 0 Å². The van der Waals surface area contributed by atoms with E-state index in [1.54, 1.807) is 38.5 Å². The highest BCUT2D eigenvalue weighted by Crippen LogP contribution is 2.37. The van der Waals surface area contributed by atoms with E-state index in [1.165, 1.54) is 23.9 Å². The highest BCUT2D eigenvalue weighted by atomic mass is 32.2. The van der Waals surface area contributed by atoms with Gasteiger partial charge in [-0.05, 0) is 36.8 Å². The predicted molar refractivity (Wildman–Crippen MR) is 93.5 cm³/mol. The molecule has 0 saturated carbocycles. The van der Waals surface area contributed by atoms with Crippen molar-refractivity contribution in [2.45, 2.75) is 17.4 Å². The molecule has 1 unspecified atom stereocenters. The van der Waals surface area contributed by atoms with Crippen LogP contribution in [-0.4, -0.2) is 24.4 Å². The standard InChI is InChI=1S/C18H17FN2O3S/c1-11(12-4-6-13(19)7-5-12)25-18-21-20-17(24-18)15-9-8-14(22-2)10-16(15)23-3/h4-11H,1-3H3. The Morgan fingerprint density at radius 3 is 2.48 bits per heavy atom. The van der Waals surface area contributed by atoms with Gasteiger partial charge in [0.25, 0.3) is 11.1 Å². The maximum atomic E-state index is 13.0. The van der Waals surface area contributed by atoms with Crippen molar-refractivity contribution in [1.29, 1.82) is 0 Å². The van der Waals surface area contributed by atoms with Crippen molar-refractivity contribution in [3.05, 3.63) is 53.8 Å². The lowest BCUT2D eigenvalue weighted by molar-refractivity contribution is 0.393.